The summed E-state index contributed by atoms with van der Waals surface area (Å²) in [6.07, 6.45) is 4.65. The standard InChI is InChI=1S/C19H19N5O/c25-19(18-13-20-7-8-21-18)24-11-9-23(10-12-24)14-16-6-5-15-3-1-2-4-17(15)22-16/h1-8,13H,9-12,14H2. The molecule has 0 radical (unpaired) electrons. The summed E-state index contributed by atoms with van der Waals surface area (Å²) in [6, 6.07) is 12.3. The average Bonchev–Trinajstić information content (AvgIpc) is 2.69. The van der Waals surface area contributed by atoms with Crippen molar-refractivity contribution >= 4 is 16.8 Å². The van der Waals surface area contributed by atoms with Crippen LogP contribution in [0.2, 0.25) is 0 Å². The maximum atomic E-state index is 12.4. The number of carbonyl (C=O) groups is 1. The topological polar surface area (TPSA) is 62.2 Å². The van der Waals surface area contributed by atoms with E-state index in [0.29, 0.717) is 18.8 Å². The van der Waals surface area contributed by atoms with E-state index in [4.69, 9.17) is 4.98 Å². The smallest absolute Gasteiger partial charge is 0.274 e. The zero-order valence-corrected chi connectivity index (χ0v) is 13.9. The van der Waals surface area contributed by atoms with Crippen molar-refractivity contribution in [1.82, 2.24) is 24.8 Å². The molecule has 2 aromatic heterocycles. The zero-order valence-electron chi connectivity index (χ0n) is 13.9. The first kappa shape index (κ1) is 15.7. The molecular weight excluding hydrogens is 314 g/mol. The molecule has 0 bridgehead atoms. The van der Waals surface area contributed by atoms with E-state index < -0.39 is 0 Å². The van der Waals surface area contributed by atoms with E-state index in [2.05, 4.69) is 33.1 Å². The minimum Gasteiger partial charge on any atom is -0.335 e. The van der Waals surface area contributed by atoms with Crippen molar-refractivity contribution in [3.63, 3.8) is 0 Å². The van der Waals surface area contributed by atoms with Crippen molar-refractivity contribution in [3.8, 4) is 0 Å². The van der Waals surface area contributed by atoms with Crippen LogP contribution in [0, 0.1) is 0 Å². The summed E-state index contributed by atoms with van der Waals surface area (Å²) in [5.41, 5.74) is 2.50. The van der Waals surface area contributed by atoms with Crippen LogP contribution in [0.4, 0.5) is 0 Å². The maximum absolute atomic E-state index is 12.4. The Morgan fingerprint density at radius 3 is 2.64 bits per heavy atom. The van der Waals surface area contributed by atoms with Gasteiger partial charge in [0.15, 0.2) is 0 Å². The van der Waals surface area contributed by atoms with E-state index in [1.54, 1.807) is 12.4 Å². The number of rotatable bonds is 3. The van der Waals surface area contributed by atoms with Crippen molar-refractivity contribution < 1.29 is 4.79 Å². The molecule has 0 aliphatic carbocycles. The molecule has 1 fully saturated rings. The van der Waals surface area contributed by atoms with E-state index in [9.17, 15) is 4.79 Å². The van der Waals surface area contributed by atoms with Gasteiger partial charge >= 0.3 is 0 Å². The highest BCUT2D eigenvalue weighted by Gasteiger charge is 2.23. The first-order valence-electron chi connectivity index (χ1n) is 8.42. The van der Waals surface area contributed by atoms with E-state index >= 15 is 0 Å². The molecule has 1 aliphatic rings. The Morgan fingerprint density at radius 1 is 1.00 bits per heavy atom. The Hall–Kier alpha value is -2.86. The number of fused-ring (bicyclic) bond motifs is 1. The molecule has 0 N–H and O–H groups in total. The molecule has 25 heavy (non-hydrogen) atoms. The second-order valence-corrected chi connectivity index (χ2v) is 6.15. The SMILES string of the molecule is O=C(c1cnccn1)N1CCN(Cc2ccc3ccccc3n2)CC1. The summed E-state index contributed by atoms with van der Waals surface area (Å²) in [5, 5.41) is 1.16. The molecule has 1 amide bonds. The normalized spacial score (nSPS) is 15.4. The second kappa shape index (κ2) is 6.94. The summed E-state index contributed by atoms with van der Waals surface area (Å²) >= 11 is 0. The number of hydrogen-bond acceptors (Lipinski definition) is 5. The number of para-hydroxylation sites is 1. The van der Waals surface area contributed by atoms with Gasteiger partial charge in [-0.25, -0.2) is 4.98 Å². The highest BCUT2D eigenvalue weighted by atomic mass is 16.2. The number of aromatic nitrogens is 3. The molecule has 0 unspecified atom stereocenters. The van der Waals surface area contributed by atoms with Crippen LogP contribution in [-0.2, 0) is 6.54 Å². The van der Waals surface area contributed by atoms with Crippen LogP contribution in [0.15, 0.2) is 55.0 Å². The third-order valence-corrected chi connectivity index (χ3v) is 4.48. The van der Waals surface area contributed by atoms with E-state index in [1.165, 1.54) is 6.20 Å². The fourth-order valence-corrected chi connectivity index (χ4v) is 3.11. The van der Waals surface area contributed by atoms with Crippen molar-refractivity contribution in [1.29, 1.82) is 0 Å². The first-order chi connectivity index (χ1) is 12.3. The molecule has 4 rings (SSSR count). The summed E-state index contributed by atoms with van der Waals surface area (Å²) in [5.74, 6) is -0.0448. The lowest BCUT2D eigenvalue weighted by Gasteiger charge is -2.34. The number of hydrogen-bond donors (Lipinski definition) is 0. The lowest BCUT2D eigenvalue weighted by molar-refractivity contribution is 0.0621. The van der Waals surface area contributed by atoms with Crippen molar-refractivity contribution in [3.05, 3.63) is 66.4 Å². The Kier molecular flexibility index (Phi) is 4.35. The van der Waals surface area contributed by atoms with Crippen LogP contribution in [0.5, 0.6) is 0 Å². The van der Waals surface area contributed by atoms with Gasteiger partial charge in [0.1, 0.15) is 5.69 Å². The third kappa shape index (κ3) is 3.49. The molecule has 0 atom stereocenters. The van der Waals surface area contributed by atoms with E-state index in [0.717, 1.165) is 36.2 Å². The van der Waals surface area contributed by atoms with Gasteiger partial charge in [-0.05, 0) is 12.1 Å². The molecule has 0 spiro atoms. The molecule has 1 aromatic carbocycles. The average molecular weight is 333 g/mol. The highest BCUT2D eigenvalue weighted by Crippen LogP contribution is 2.14. The molecule has 1 aliphatic heterocycles. The minimum atomic E-state index is -0.0448. The lowest BCUT2D eigenvalue weighted by Crippen LogP contribution is -2.48. The lowest BCUT2D eigenvalue weighted by atomic mass is 10.2. The number of nitrogens with zero attached hydrogens (tertiary/aromatic N) is 5. The Balaban J connectivity index is 1.37. The summed E-state index contributed by atoms with van der Waals surface area (Å²) in [6.45, 7) is 3.87. The van der Waals surface area contributed by atoms with Gasteiger partial charge in [-0.1, -0.05) is 24.3 Å². The number of carbonyl (C=O) groups excluding carboxylic acids is 1. The van der Waals surface area contributed by atoms with Crippen molar-refractivity contribution in [2.75, 3.05) is 26.2 Å². The van der Waals surface area contributed by atoms with Crippen LogP contribution in [-0.4, -0.2) is 56.8 Å². The van der Waals surface area contributed by atoms with Crippen molar-refractivity contribution in [2.24, 2.45) is 0 Å². The van der Waals surface area contributed by atoms with Gasteiger partial charge in [0.05, 0.1) is 17.4 Å². The summed E-state index contributed by atoms with van der Waals surface area (Å²) < 4.78 is 0. The van der Waals surface area contributed by atoms with Gasteiger partial charge in [-0.2, -0.15) is 0 Å². The van der Waals surface area contributed by atoms with Crippen LogP contribution in [0.1, 0.15) is 16.2 Å². The molecule has 3 heterocycles. The fourth-order valence-electron chi connectivity index (χ4n) is 3.11. The number of amides is 1. The molecule has 6 heteroatoms. The quantitative estimate of drug-likeness (QED) is 0.733. The number of pyridine rings is 1. The maximum Gasteiger partial charge on any atom is 0.274 e. The second-order valence-electron chi connectivity index (χ2n) is 6.15. The molecule has 3 aromatic rings. The van der Waals surface area contributed by atoms with Crippen LogP contribution in [0.25, 0.3) is 10.9 Å². The van der Waals surface area contributed by atoms with Gasteiger partial charge in [0.25, 0.3) is 5.91 Å². The van der Waals surface area contributed by atoms with Gasteiger partial charge in [-0.15, -0.1) is 0 Å². The Morgan fingerprint density at radius 2 is 1.84 bits per heavy atom. The molecule has 1 saturated heterocycles. The number of benzene rings is 1. The monoisotopic (exact) mass is 333 g/mol. The predicted octanol–water partition coefficient (Wildman–Crippen LogP) is 1.98. The third-order valence-electron chi connectivity index (χ3n) is 4.48. The van der Waals surface area contributed by atoms with E-state index in [-0.39, 0.29) is 5.91 Å². The number of piperazine rings is 1. The van der Waals surface area contributed by atoms with Crippen LogP contribution in [0.3, 0.4) is 0 Å². The van der Waals surface area contributed by atoms with Gasteiger partial charge < -0.3 is 4.90 Å². The zero-order chi connectivity index (χ0) is 17.1. The van der Waals surface area contributed by atoms with Gasteiger partial charge in [0, 0.05) is 50.5 Å². The van der Waals surface area contributed by atoms with Crippen LogP contribution < -0.4 is 0 Å². The van der Waals surface area contributed by atoms with Gasteiger partial charge in [0.2, 0.25) is 0 Å². The largest absolute Gasteiger partial charge is 0.335 e. The Bertz CT molecular complexity index is 875. The summed E-state index contributed by atoms with van der Waals surface area (Å²) in [7, 11) is 0. The van der Waals surface area contributed by atoms with Gasteiger partial charge in [-0.3, -0.25) is 19.7 Å². The van der Waals surface area contributed by atoms with E-state index in [1.807, 2.05) is 23.1 Å². The fraction of sp³-hybridized carbons (Fsp3) is 0.263. The molecule has 6 nitrogen and oxygen atoms in total. The predicted molar refractivity (Wildman–Crippen MR) is 95.0 cm³/mol. The summed E-state index contributed by atoms with van der Waals surface area (Å²) in [4.78, 5) is 29.4. The van der Waals surface area contributed by atoms with Crippen LogP contribution >= 0.6 is 0 Å². The molecule has 126 valence electrons. The van der Waals surface area contributed by atoms with Crippen molar-refractivity contribution in [2.45, 2.75) is 6.54 Å². The molecular formula is C19H19N5O. The highest BCUT2D eigenvalue weighted by molar-refractivity contribution is 5.92. The Labute approximate surface area is 146 Å². The molecule has 0 saturated carbocycles. The minimum absolute atomic E-state index is 0.0448. The first-order valence-corrected chi connectivity index (χ1v) is 8.42.